The lowest BCUT2D eigenvalue weighted by Crippen LogP contribution is -2.19. The van der Waals surface area contributed by atoms with Gasteiger partial charge in [0.2, 0.25) is 4.96 Å². The van der Waals surface area contributed by atoms with Gasteiger partial charge in [-0.1, -0.05) is 23.5 Å². The zero-order chi connectivity index (χ0) is 14.6. The smallest absolute Gasteiger partial charge is 0.234 e. The monoisotopic (exact) mass is 299 g/mol. The highest BCUT2D eigenvalue weighted by atomic mass is 32.1. The van der Waals surface area contributed by atoms with Crippen LogP contribution in [0.5, 0.6) is 0 Å². The van der Waals surface area contributed by atoms with E-state index in [1.165, 1.54) is 18.4 Å². The second kappa shape index (κ2) is 4.27. The molecule has 0 aliphatic heterocycles. The lowest BCUT2D eigenvalue weighted by molar-refractivity contribution is 0.616. The number of rotatable bonds is 3. The number of hydrogen-bond donors (Lipinski definition) is 1. The van der Waals surface area contributed by atoms with Crippen molar-refractivity contribution in [2.45, 2.75) is 38.0 Å². The SMILES string of the molecule is CC(C)(c1ccc(N)cc1)c1nn2c(C3CC3)nnc2s1. The quantitative estimate of drug-likeness (QED) is 0.755. The zero-order valence-electron chi connectivity index (χ0n) is 12.1. The number of aromatic nitrogens is 4. The highest BCUT2D eigenvalue weighted by Gasteiger charge is 2.33. The minimum atomic E-state index is -0.167. The largest absolute Gasteiger partial charge is 0.399 e. The maximum Gasteiger partial charge on any atom is 0.234 e. The molecule has 1 aliphatic carbocycles. The predicted molar refractivity (Wildman–Crippen MR) is 83.6 cm³/mol. The van der Waals surface area contributed by atoms with Gasteiger partial charge < -0.3 is 5.73 Å². The normalized spacial score (nSPS) is 15.7. The number of hydrogen-bond acceptors (Lipinski definition) is 5. The topological polar surface area (TPSA) is 69.1 Å². The first-order valence-corrected chi connectivity index (χ1v) is 7.96. The lowest BCUT2D eigenvalue weighted by atomic mass is 9.85. The molecule has 1 saturated carbocycles. The fraction of sp³-hybridized carbons (Fsp3) is 0.400. The summed E-state index contributed by atoms with van der Waals surface area (Å²) in [6.45, 7) is 4.36. The van der Waals surface area contributed by atoms with Crippen LogP contribution in [0.1, 0.15) is 49.0 Å². The van der Waals surface area contributed by atoms with E-state index in [9.17, 15) is 0 Å². The fourth-order valence-corrected chi connectivity index (χ4v) is 3.47. The fourth-order valence-electron chi connectivity index (χ4n) is 2.50. The third-order valence-corrected chi connectivity index (χ3v) is 5.35. The van der Waals surface area contributed by atoms with Crippen molar-refractivity contribution < 1.29 is 0 Å². The van der Waals surface area contributed by atoms with Crippen molar-refractivity contribution in [3.63, 3.8) is 0 Å². The number of anilines is 1. The van der Waals surface area contributed by atoms with Crippen molar-refractivity contribution in [2.75, 3.05) is 5.73 Å². The van der Waals surface area contributed by atoms with E-state index in [0.29, 0.717) is 5.92 Å². The van der Waals surface area contributed by atoms with Gasteiger partial charge in [-0.15, -0.1) is 10.2 Å². The van der Waals surface area contributed by atoms with Crippen LogP contribution in [0.2, 0.25) is 0 Å². The van der Waals surface area contributed by atoms with Crippen LogP contribution in [-0.2, 0) is 5.41 Å². The molecule has 0 bridgehead atoms. The Morgan fingerprint density at radius 1 is 1.19 bits per heavy atom. The van der Waals surface area contributed by atoms with Gasteiger partial charge in [0, 0.05) is 17.0 Å². The van der Waals surface area contributed by atoms with Gasteiger partial charge in [-0.05, 0) is 44.4 Å². The molecule has 6 heteroatoms. The summed E-state index contributed by atoms with van der Waals surface area (Å²) in [5, 5.41) is 14.4. The van der Waals surface area contributed by atoms with Gasteiger partial charge in [-0.3, -0.25) is 0 Å². The summed E-state index contributed by atoms with van der Waals surface area (Å²) in [6.07, 6.45) is 2.41. The van der Waals surface area contributed by atoms with E-state index in [1.54, 1.807) is 11.3 Å². The molecule has 3 aromatic rings. The number of fused-ring (bicyclic) bond motifs is 1. The average molecular weight is 299 g/mol. The van der Waals surface area contributed by atoms with E-state index in [0.717, 1.165) is 21.5 Å². The minimum Gasteiger partial charge on any atom is -0.399 e. The molecule has 1 fully saturated rings. The third-order valence-electron chi connectivity index (χ3n) is 4.12. The van der Waals surface area contributed by atoms with Crippen molar-refractivity contribution in [1.29, 1.82) is 0 Å². The molecule has 4 rings (SSSR count). The molecule has 5 nitrogen and oxygen atoms in total. The van der Waals surface area contributed by atoms with Gasteiger partial charge in [-0.25, -0.2) is 0 Å². The number of nitrogen functional groups attached to an aromatic ring is 1. The van der Waals surface area contributed by atoms with Crippen LogP contribution >= 0.6 is 11.3 Å². The van der Waals surface area contributed by atoms with E-state index in [4.69, 9.17) is 10.8 Å². The molecule has 2 heterocycles. The van der Waals surface area contributed by atoms with E-state index >= 15 is 0 Å². The molecule has 108 valence electrons. The van der Waals surface area contributed by atoms with Gasteiger partial charge in [0.05, 0.1) is 0 Å². The summed E-state index contributed by atoms with van der Waals surface area (Å²) in [7, 11) is 0. The number of nitrogens with two attached hydrogens (primary N) is 1. The standard InChI is InChI=1S/C15H17N5S/c1-15(2,10-5-7-11(16)8-6-10)13-19-20-12(9-3-4-9)17-18-14(20)21-13/h5-9H,3-4,16H2,1-2H3. The molecule has 1 aliphatic rings. The molecule has 1 aromatic carbocycles. The molecule has 0 unspecified atom stereocenters. The first-order valence-electron chi connectivity index (χ1n) is 7.14. The second-order valence-electron chi connectivity index (χ2n) is 6.18. The van der Waals surface area contributed by atoms with Crippen LogP contribution in [0.15, 0.2) is 24.3 Å². The van der Waals surface area contributed by atoms with Crippen LogP contribution in [0.4, 0.5) is 5.69 Å². The van der Waals surface area contributed by atoms with Crippen molar-refractivity contribution in [2.24, 2.45) is 0 Å². The summed E-state index contributed by atoms with van der Waals surface area (Å²) < 4.78 is 1.93. The molecular formula is C15H17N5S. The Hall–Kier alpha value is -1.95. The van der Waals surface area contributed by atoms with Crippen molar-refractivity contribution >= 4 is 22.0 Å². The summed E-state index contributed by atoms with van der Waals surface area (Å²) in [6, 6.07) is 8.01. The molecule has 0 amide bonds. The van der Waals surface area contributed by atoms with Crippen LogP contribution < -0.4 is 5.73 Å². The first kappa shape index (κ1) is 12.8. The van der Waals surface area contributed by atoms with Gasteiger partial charge in [0.1, 0.15) is 5.01 Å². The molecule has 0 atom stereocenters. The summed E-state index contributed by atoms with van der Waals surface area (Å²) in [5.74, 6) is 1.56. The molecule has 0 spiro atoms. The van der Waals surface area contributed by atoms with Gasteiger partial charge in [-0.2, -0.15) is 9.61 Å². The number of benzene rings is 1. The molecule has 0 radical (unpaired) electrons. The first-order chi connectivity index (χ1) is 10.1. The Labute approximate surface area is 126 Å². The predicted octanol–water partition coefficient (Wildman–Crippen LogP) is 2.97. The van der Waals surface area contributed by atoms with E-state index < -0.39 is 0 Å². The van der Waals surface area contributed by atoms with Crippen molar-refractivity contribution in [3.05, 3.63) is 40.7 Å². The zero-order valence-corrected chi connectivity index (χ0v) is 12.9. The highest BCUT2D eigenvalue weighted by Crippen LogP contribution is 2.40. The summed E-state index contributed by atoms with van der Waals surface area (Å²) in [4.78, 5) is 0.885. The van der Waals surface area contributed by atoms with E-state index in [2.05, 4.69) is 36.2 Å². The van der Waals surface area contributed by atoms with E-state index in [1.807, 2.05) is 16.6 Å². The number of nitrogens with zero attached hydrogens (tertiary/aromatic N) is 4. The Balaban J connectivity index is 1.79. The second-order valence-corrected chi connectivity index (χ2v) is 7.14. The van der Waals surface area contributed by atoms with Crippen LogP contribution in [0.3, 0.4) is 0 Å². The molecule has 2 N–H and O–H groups in total. The van der Waals surface area contributed by atoms with Crippen molar-refractivity contribution in [1.82, 2.24) is 19.8 Å². The Bertz CT molecular complexity index is 795. The third kappa shape index (κ3) is 2.01. The molecular weight excluding hydrogens is 282 g/mol. The van der Waals surface area contributed by atoms with Crippen LogP contribution in [0.25, 0.3) is 4.96 Å². The summed E-state index contributed by atoms with van der Waals surface area (Å²) in [5.41, 5.74) is 7.60. The maximum absolute atomic E-state index is 5.78. The molecule has 21 heavy (non-hydrogen) atoms. The summed E-state index contributed by atoms with van der Waals surface area (Å²) >= 11 is 1.62. The van der Waals surface area contributed by atoms with Gasteiger partial charge >= 0.3 is 0 Å². The van der Waals surface area contributed by atoms with Crippen molar-refractivity contribution in [3.8, 4) is 0 Å². The molecule has 0 saturated heterocycles. The van der Waals surface area contributed by atoms with Crippen LogP contribution in [-0.4, -0.2) is 19.8 Å². The Kier molecular flexibility index (Phi) is 2.60. The Morgan fingerprint density at radius 2 is 1.90 bits per heavy atom. The minimum absolute atomic E-state index is 0.167. The van der Waals surface area contributed by atoms with Gasteiger partial charge in [0.25, 0.3) is 0 Å². The van der Waals surface area contributed by atoms with Gasteiger partial charge in [0.15, 0.2) is 5.82 Å². The lowest BCUT2D eigenvalue weighted by Gasteiger charge is -2.22. The molecule has 2 aromatic heterocycles. The van der Waals surface area contributed by atoms with E-state index in [-0.39, 0.29) is 5.41 Å². The van der Waals surface area contributed by atoms with Crippen LogP contribution in [0, 0.1) is 0 Å². The average Bonchev–Trinajstić information content (AvgIpc) is 3.07. The Morgan fingerprint density at radius 3 is 2.57 bits per heavy atom. The maximum atomic E-state index is 5.78. The highest BCUT2D eigenvalue weighted by molar-refractivity contribution is 7.16.